The topological polar surface area (TPSA) is 9.23 Å². The lowest BCUT2D eigenvalue weighted by molar-refractivity contribution is 0.0820. The number of benzene rings is 2. The molecule has 0 saturated heterocycles. The molecule has 2 atom stereocenters. The first-order valence-electron chi connectivity index (χ1n) is 6.94. The van der Waals surface area contributed by atoms with Crippen molar-refractivity contribution in [2.24, 2.45) is 5.41 Å². The highest BCUT2D eigenvalue weighted by atomic mass is 16.5. The third kappa shape index (κ3) is 2.87. The van der Waals surface area contributed by atoms with Crippen LogP contribution in [0.25, 0.3) is 0 Å². The SMILES string of the molecule is CC1(COCc2ccccc2)CC1c1ccccc1. The molecule has 1 aliphatic carbocycles. The van der Waals surface area contributed by atoms with Crippen LogP contribution in [0.2, 0.25) is 0 Å². The van der Waals surface area contributed by atoms with Crippen LogP contribution in [0.1, 0.15) is 30.4 Å². The number of hydrogen-bond donors (Lipinski definition) is 0. The van der Waals surface area contributed by atoms with E-state index in [1.165, 1.54) is 17.5 Å². The van der Waals surface area contributed by atoms with Crippen LogP contribution < -0.4 is 0 Å². The standard InChI is InChI=1S/C18H20O/c1-18(12-17(18)16-10-6-3-7-11-16)14-19-13-15-8-4-2-5-9-15/h2-11,17H,12-14H2,1H3. The van der Waals surface area contributed by atoms with Crippen LogP contribution >= 0.6 is 0 Å². The molecule has 3 rings (SSSR count). The Morgan fingerprint density at radius 1 is 1.00 bits per heavy atom. The summed E-state index contributed by atoms with van der Waals surface area (Å²) in [6, 6.07) is 21.2. The van der Waals surface area contributed by atoms with E-state index >= 15 is 0 Å². The molecule has 0 radical (unpaired) electrons. The molecule has 1 heteroatoms. The van der Waals surface area contributed by atoms with Gasteiger partial charge in [-0.25, -0.2) is 0 Å². The maximum absolute atomic E-state index is 5.90. The highest BCUT2D eigenvalue weighted by molar-refractivity contribution is 5.29. The van der Waals surface area contributed by atoms with Crippen molar-refractivity contribution in [2.45, 2.75) is 25.9 Å². The molecule has 0 aliphatic heterocycles. The van der Waals surface area contributed by atoms with Gasteiger partial charge in [0.25, 0.3) is 0 Å². The smallest absolute Gasteiger partial charge is 0.0717 e. The van der Waals surface area contributed by atoms with E-state index in [2.05, 4.69) is 61.5 Å². The molecule has 0 spiro atoms. The second-order valence-corrected chi connectivity index (χ2v) is 5.80. The molecule has 0 N–H and O–H groups in total. The number of rotatable bonds is 5. The molecule has 2 aromatic carbocycles. The predicted octanol–water partition coefficient (Wildman–Crippen LogP) is 4.40. The van der Waals surface area contributed by atoms with Gasteiger partial charge in [-0.3, -0.25) is 0 Å². The summed E-state index contributed by atoms with van der Waals surface area (Å²) in [6.07, 6.45) is 1.24. The van der Waals surface area contributed by atoms with E-state index < -0.39 is 0 Å². The summed E-state index contributed by atoms with van der Waals surface area (Å²) in [5, 5.41) is 0. The van der Waals surface area contributed by atoms with Crippen molar-refractivity contribution in [2.75, 3.05) is 6.61 Å². The van der Waals surface area contributed by atoms with Crippen LogP contribution in [-0.2, 0) is 11.3 Å². The van der Waals surface area contributed by atoms with Crippen molar-refractivity contribution >= 4 is 0 Å². The van der Waals surface area contributed by atoms with Gasteiger partial charge in [0.05, 0.1) is 13.2 Å². The Bertz CT molecular complexity index is 520. The van der Waals surface area contributed by atoms with Crippen LogP contribution in [0.3, 0.4) is 0 Å². The van der Waals surface area contributed by atoms with Crippen LogP contribution in [0.4, 0.5) is 0 Å². The third-order valence-corrected chi connectivity index (χ3v) is 4.10. The Hall–Kier alpha value is -1.60. The third-order valence-electron chi connectivity index (χ3n) is 4.10. The summed E-state index contributed by atoms with van der Waals surface area (Å²) < 4.78 is 5.90. The average Bonchev–Trinajstić information content (AvgIpc) is 3.13. The lowest BCUT2D eigenvalue weighted by Crippen LogP contribution is -2.08. The molecule has 2 aromatic rings. The summed E-state index contributed by atoms with van der Waals surface area (Å²) in [5.41, 5.74) is 3.03. The van der Waals surface area contributed by atoms with Gasteiger partial charge >= 0.3 is 0 Å². The largest absolute Gasteiger partial charge is 0.376 e. The second kappa shape index (κ2) is 5.18. The van der Waals surface area contributed by atoms with E-state index in [1.807, 2.05) is 6.07 Å². The maximum atomic E-state index is 5.90. The fraction of sp³-hybridized carbons (Fsp3) is 0.333. The highest BCUT2D eigenvalue weighted by Gasteiger charge is 2.50. The highest BCUT2D eigenvalue weighted by Crippen LogP contribution is 2.59. The molecule has 1 aliphatic rings. The minimum absolute atomic E-state index is 0.329. The van der Waals surface area contributed by atoms with Crippen molar-refractivity contribution in [1.29, 1.82) is 0 Å². The fourth-order valence-corrected chi connectivity index (χ4v) is 2.75. The molecule has 98 valence electrons. The first-order valence-corrected chi connectivity index (χ1v) is 6.94. The Labute approximate surface area is 115 Å². The summed E-state index contributed by atoms with van der Waals surface area (Å²) in [6.45, 7) is 3.90. The predicted molar refractivity (Wildman–Crippen MR) is 78.0 cm³/mol. The summed E-state index contributed by atoms with van der Waals surface area (Å²) in [4.78, 5) is 0. The molecular formula is C18H20O. The maximum Gasteiger partial charge on any atom is 0.0717 e. The average molecular weight is 252 g/mol. The summed E-state index contributed by atoms with van der Waals surface area (Å²) >= 11 is 0. The second-order valence-electron chi connectivity index (χ2n) is 5.80. The zero-order valence-corrected chi connectivity index (χ0v) is 11.4. The van der Waals surface area contributed by atoms with Gasteiger partial charge in [0.15, 0.2) is 0 Å². The minimum Gasteiger partial charge on any atom is -0.376 e. The molecular weight excluding hydrogens is 232 g/mol. The Balaban J connectivity index is 1.52. The Kier molecular flexibility index (Phi) is 3.39. The van der Waals surface area contributed by atoms with Gasteiger partial charge in [-0.15, -0.1) is 0 Å². The van der Waals surface area contributed by atoms with Gasteiger partial charge in [0.2, 0.25) is 0 Å². The number of hydrogen-bond acceptors (Lipinski definition) is 1. The van der Waals surface area contributed by atoms with Crippen molar-refractivity contribution in [3.8, 4) is 0 Å². The zero-order valence-electron chi connectivity index (χ0n) is 11.4. The van der Waals surface area contributed by atoms with Gasteiger partial charge < -0.3 is 4.74 Å². The number of ether oxygens (including phenoxy) is 1. The van der Waals surface area contributed by atoms with E-state index in [4.69, 9.17) is 4.74 Å². The van der Waals surface area contributed by atoms with E-state index in [1.54, 1.807) is 0 Å². The normalized spacial score (nSPS) is 25.2. The quantitative estimate of drug-likeness (QED) is 0.766. The monoisotopic (exact) mass is 252 g/mol. The van der Waals surface area contributed by atoms with Gasteiger partial charge in [-0.2, -0.15) is 0 Å². The first-order chi connectivity index (χ1) is 9.28. The molecule has 19 heavy (non-hydrogen) atoms. The lowest BCUT2D eigenvalue weighted by Gasteiger charge is -2.12. The molecule has 0 amide bonds. The zero-order chi connectivity index (χ0) is 13.1. The lowest BCUT2D eigenvalue weighted by atomic mass is 10.0. The minimum atomic E-state index is 0.329. The van der Waals surface area contributed by atoms with Gasteiger partial charge in [0, 0.05) is 0 Å². The van der Waals surface area contributed by atoms with E-state index in [9.17, 15) is 0 Å². The molecule has 2 unspecified atom stereocenters. The van der Waals surface area contributed by atoms with Crippen LogP contribution in [0.15, 0.2) is 60.7 Å². The van der Waals surface area contributed by atoms with Gasteiger partial charge in [-0.05, 0) is 28.9 Å². The van der Waals surface area contributed by atoms with Gasteiger partial charge in [0.1, 0.15) is 0 Å². The van der Waals surface area contributed by atoms with Crippen molar-refractivity contribution in [1.82, 2.24) is 0 Å². The van der Waals surface area contributed by atoms with Crippen molar-refractivity contribution in [3.63, 3.8) is 0 Å². The van der Waals surface area contributed by atoms with E-state index in [-0.39, 0.29) is 0 Å². The Morgan fingerprint density at radius 2 is 1.63 bits per heavy atom. The van der Waals surface area contributed by atoms with Crippen LogP contribution in [-0.4, -0.2) is 6.61 Å². The van der Waals surface area contributed by atoms with Crippen molar-refractivity contribution < 1.29 is 4.74 Å². The molecule has 0 heterocycles. The molecule has 1 nitrogen and oxygen atoms in total. The molecule has 1 saturated carbocycles. The van der Waals surface area contributed by atoms with Crippen LogP contribution in [0.5, 0.6) is 0 Å². The van der Waals surface area contributed by atoms with Crippen LogP contribution in [0, 0.1) is 5.41 Å². The molecule has 1 fully saturated rings. The first kappa shape index (κ1) is 12.4. The Morgan fingerprint density at radius 3 is 2.32 bits per heavy atom. The van der Waals surface area contributed by atoms with E-state index in [0.29, 0.717) is 11.3 Å². The fourth-order valence-electron chi connectivity index (χ4n) is 2.75. The van der Waals surface area contributed by atoms with E-state index in [0.717, 1.165) is 13.2 Å². The van der Waals surface area contributed by atoms with Crippen molar-refractivity contribution in [3.05, 3.63) is 71.8 Å². The van der Waals surface area contributed by atoms with Gasteiger partial charge in [-0.1, -0.05) is 67.6 Å². The summed E-state index contributed by atoms with van der Waals surface area (Å²) in [7, 11) is 0. The molecule has 0 aromatic heterocycles. The molecule has 0 bridgehead atoms. The summed E-state index contributed by atoms with van der Waals surface area (Å²) in [5.74, 6) is 0.671.